The number of carbonyl (C=O) groups excluding carboxylic acids is 1. The van der Waals surface area contributed by atoms with E-state index in [1.165, 1.54) is 0 Å². The van der Waals surface area contributed by atoms with Gasteiger partial charge in [0.1, 0.15) is 0 Å². The molecule has 0 radical (unpaired) electrons. The van der Waals surface area contributed by atoms with E-state index in [1.807, 2.05) is 4.90 Å². The standard InChI is InChI=1S/C13H16F2N2O2/c1-16-13(19)11-3-2-4-17(11)7-8-5-9(14)12(18)10(15)6-8/h5-6,11,18H,2-4,7H2,1H3,(H,16,19). The van der Waals surface area contributed by atoms with Gasteiger partial charge < -0.3 is 10.4 Å². The lowest BCUT2D eigenvalue weighted by molar-refractivity contribution is -0.125. The molecule has 1 aromatic rings. The summed E-state index contributed by atoms with van der Waals surface area (Å²) < 4.78 is 26.5. The number of benzene rings is 1. The van der Waals surface area contributed by atoms with Crippen LogP contribution in [0.5, 0.6) is 5.75 Å². The number of rotatable bonds is 3. The van der Waals surface area contributed by atoms with Crippen molar-refractivity contribution in [1.29, 1.82) is 0 Å². The van der Waals surface area contributed by atoms with Gasteiger partial charge in [-0.1, -0.05) is 0 Å². The lowest BCUT2D eigenvalue weighted by Crippen LogP contribution is -2.41. The summed E-state index contributed by atoms with van der Waals surface area (Å²) in [5.74, 6) is -3.01. The molecule has 4 nitrogen and oxygen atoms in total. The Morgan fingerprint density at radius 3 is 2.68 bits per heavy atom. The summed E-state index contributed by atoms with van der Waals surface area (Å²) in [5.41, 5.74) is 0.406. The van der Waals surface area contributed by atoms with E-state index in [4.69, 9.17) is 5.11 Å². The maximum Gasteiger partial charge on any atom is 0.237 e. The minimum absolute atomic E-state index is 0.0859. The molecule has 1 aliphatic rings. The zero-order valence-electron chi connectivity index (χ0n) is 10.6. The highest BCUT2D eigenvalue weighted by atomic mass is 19.1. The molecule has 1 saturated heterocycles. The first kappa shape index (κ1) is 13.7. The first-order chi connectivity index (χ1) is 9.02. The van der Waals surface area contributed by atoms with Crippen LogP contribution < -0.4 is 5.32 Å². The SMILES string of the molecule is CNC(=O)C1CCCN1Cc1cc(F)c(O)c(F)c1. The number of nitrogens with zero attached hydrogens (tertiary/aromatic N) is 1. The van der Waals surface area contributed by atoms with Gasteiger partial charge in [0.2, 0.25) is 5.91 Å². The highest BCUT2D eigenvalue weighted by Gasteiger charge is 2.30. The third kappa shape index (κ3) is 2.84. The molecule has 1 amide bonds. The number of phenolic OH excluding ortho intramolecular Hbond substituents is 1. The molecule has 1 aromatic carbocycles. The second-order valence-corrected chi connectivity index (χ2v) is 4.65. The van der Waals surface area contributed by atoms with Crippen molar-refractivity contribution in [2.24, 2.45) is 0 Å². The molecule has 0 aromatic heterocycles. The first-order valence-electron chi connectivity index (χ1n) is 6.15. The van der Waals surface area contributed by atoms with Crippen LogP contribution in [0.2, 0.25) is 0 Å². The fraction of sp³-hybridized carbons (Fsp3) is 0.462. The topological polar surface area (TPSA) is 52.6 Å². The van der Waals surface area contributed by atoms with Crippen LogP contribution in [0.15, 0.2) is 12.1 Å². The smallest absolute Gasteiger partial charge is 0.237 e. The van der Waals surface area contributed by atoms with E-state index >= 15 is 0 Å². The summed E-state index contributed by atoms with van der Waals surface area (Å²) in [4.78, 5) is 13.5. The predicted octanol–water partition coefficient (Wildman–Crippen LogP) is 1.38. The largest absolute Gasteiger partial charge is 0.503 e. The first-order valence-corrected chi connectivity index (χ1v) is 6.15. The molecule has 0 spiro atoms. The number of aromatic hydroxyl groups is 1. The van der Waals surface area contributed by atoms with E-state index in [0.29, 0.717) is 12.1 Å². The van der Waals surface area contributed by atoms with Crippen molar-refractivity contribution < 1.29 is 18.7 Å². The molecule has 1 fully saturated rings. The number of likely N-dealkylation sites (N-methyl/N-ethyl adjacent to an activating group) is 1. The van der Waals surface area contributed by atoms with Crippen LogP contribution in [-0.2, 0) is 11.3 Å². The Balaban J connectivity index is 2.14. The van der Waals surface area contributed by atoms with Crippen molar-refractivity contribution in [3.8, 4) is 5.75 Å². The van der Waals surface area contributed by atoms with Crippen molar-refractivity contribution >= 4 is 5.91 Å². The number of amides is 1. The van der Waals surface area contributed by atoms with Gasteiger partial charge in [-0.15, -0.1) is 0 Å². The van der Waals surface area contributed by atoms with E-state index in [1.54, 1.807) is 7.05 Å². The molecule has 104 valence electrons. The quantitative estimate of drug-likeness (QED) is 0.872. The molecule has 19 heavy (non-hydrogen) atoms. The summed E-state index contributed by atoms with van der Waals surface area (Å²) >= 11 is 0. The molecule has 2 rings (SSSR count). The summed E-state index contributed by atoms with van der Waals surface area (Å²) in [7, 11) is 1.57. The molecular formula is C13H16F2N2O2. The van der Waals surface area contributed by atoms with Crippen molar-refractivity contribution in [1.82, 2.24) is 10.2 Å². The molecule has 2 N–H and O–H groups in total. The van der Waals surface area contributed by atoms with Gasteiger partial charge in [0, 0.05) is 13.6 Å². The normalized spacial score (nSPS) is 19.6. The van der Waals surface area contributed by atoms with Gasteiger partial charge in [-0.2, -0.15) is 0 Å². The van der Waals surface area contributed by atoms with Gasteiger partial charge in [-0.05, 0) is 37.1 Å². The number of phenols is 1. The van der Waals surface area contributed by atoms with Crippen molar-refractivity contribution in [3.05, 3.63) is 29.3 Å². The molecule has 1 aliphatic heterocycles. The van der Waals surface area contributed by atoms with Gasteiger partial charge in [-0.3, -0.25) is 9.69 Å². The Morgan fingerprint density at radius 2 is 2.11 bits per heavy atom. The van der Waals surface area contributed by atoms with Crippen molar-refractivity contribution in [3.63, 3.8) is 0 Å². The van der Waals surface area contributed by atoms with Crippen LogP contribution in [0.3, 0.4) is 0 Å². The minimum Gasteiger partial charge on any atom is -0.503 e. The van der Waals surface area contributed by atoms with Gasteiger partial charge >= 0.3 is 0 Å². The molecule has 0 saturated carbocycles. The molecule has 0 aliphatic carbocycles. The highest BCUT2D eigenvalue weighted by molar-refractivity contribution is 5.81. The number of carbonyl (C=O) groups is 1. The Bertz CT molecular complexity index is 471. The average Bonchev–Trinajstić information content (AvgIpc) is 2.83. The van der Waals surface area contributed by atoms with E-state index in [2.05, 4.69) is 5.32 Å². The summed E-state index contributed by atoms with van der Waals surface area (Å²) in [6.45, 7) is 0.994. The Morgan fingerprint density at radius 1 is 1.47 bits per heavy atom. The lowest BCUT2D eigenvalue weighted by atomic mass is 10.1. The Kier molecular flexibility index (Phi) is 3.99. The Hall–Kier alpha value is -1.69. The fourth-order valence-corrected chi connectivity index (χ4v) is 2.42. The zero-order chi connectivity index (χ0) is 14.0. The van der Waals surface area contributed by atoms with Gasteiger partial charge in [0.15, 0.2) is 17.4 Å². The molecule has 1 heterocycles. The van der Waals surface area contributed by atoms with Crippen LogP contribution >= 0.6 is 0 Å². The number of likely N-dealkylation sites (tertiary alicyclic amines) is 1. The van der Waals surface area contributed by atoms with Crippen molar-refractivity contribution in [2.75, 3.05) is 13.6 Å². The van der Waals surface area contributed by atoms with Gasteiger partial charge in [-0.25, -0.2) is 8.78 Å². The van der Waals surface area contributed by atoms with Crippen LogP contribution in [0.1, 0.15) is 18.4 Å². The van der Waals surface area contributed by atoms with Crippen molar-refractivity contribution in [2.45, 2.75) is 25.4 Å². The van der Waals surface area contributed by atoms with Gasteiger partial charge in [0.05, 0.1) is 6.04 Å². The molecule has 1 unspecified atom stereocenters. The molecule has 0 bridgehead atoms. The van der Waals surface area contributed by atoms with E-state index in [-0.39, 0.29) is 18.5 Å². The second kappa shape index (κ2) is 5.52. The minimum atomic E-state index is -0.981. The monoisotopic (exact) mass is 270 g/mol. The summed E-state index contributed by atoms with van der Waals surface area (Å²) in [6, 6.07) is 1.93. The number of hydrogen-bond donors (Lipinski definition) is 2. The highest BCUT2D eigenvalue weighted by Crippen LogP contribution is 2.25. The third-order valence-electron chi connectivity index (χ3n) is 3.38. The molecule has 1 atom stereocenters. The maximum absolute atomic E-state index is 13.2. The lowest BCUT2D eigenvalue weighted by Gasteiger charge is -2.23. The molecule has 6 heteroatoms. The van der Waals surface area contributed by atoms with Crippen LogP contribution in [0.25, 0.3) is 0 Å². The molecular weight excluding hydrogens is 254 g/mol. The average molecular weight is 270 g/mol. The second-order valence-electron chi connectivity index (χ2n) is 4.65. The van der Waals surface area contributed by atoms with E-state index in [9.17, 15) is 13.6 Å². The Labute approximate surface area is 110 Å². The van der Waals surface area contributed by atoms with Gasteiger partial charge in [0.25, 0.3) is 0 Å². The predicted molar refractivity (Wildman–Crippen MR) is 65.5 cm³/mol. The number of nitrogens with one attached hydrogen (secondary N) is 1. The summed E-state index contributed by atoms with van der Waals surface area (Å²) in [6.07, 6.45) is 1.61. The zero-order valence-corrected chi connectivity index (χ0v) is 10.6. The number of hydrogen-bond acceptors (Lipinski definition) is 3. The van der Waals surface area contributed by atoms with E-state index in [0.717, 1.165) is 25.0 Å². The number of halogens is 2. The maximum atomic E-state index is 13.2. The van der Waals surface area contributed by atoms with Crippen LogP contribution in [-0.4, -0.2) is 35.5 Å². The van der Waals surface area contributed by atoms with E-state index < -0.39 is 17.4 Å². The fourth-order valence-electron chi connectivity index (χ4n) is 2.42. The summed E-state index contributed by atoms with van der Waals surface area (Å²) in [5, 5.41) is 11.6. The van der Waals surface area contributed by atoms with Crippen LogP contribution in [0.4, 0.5) is 8.78 Å². The third-order valence-corrected chi connectivity index (χ3v) is 3.38. The van der Waals surface area contributed by atoms with Crippen LogP contribution in [0, 0.1) is 11.6 Å².